The Labute approximate surface area is 137 Å². The number of hydrogen-bond donors (Lipinski definition) is 0. The molecule has 24 heavy (non-hydrogen) atoms. The molecule has 0 unspecified atom stereocenters. The van der Waals surface area contributed by atoms with Gasteiger partial charge in [-0.2, -0.15) is 0 Å². The summed E-state index contributed by atoms with van der Waals surface area (Å²) in [6.07, 6.45) is -0.328. The summed E-state index contributed by atoms with van der Waals surface area (Å²) >= 11 is 0. The van der Waals surface area contributed by atoms with E-state index in [1.165, 1.54) is 19.2 Å². The first kappa shape index (κ1) is 15.9. The Morgan fingerprint density at radius 3 is 2.58 bits per heavy atom. The number of hydrogen-bond acceptors (Lipinski definition) is 5. The van der Waals surface area contributed by atoms with Crippen LogP contribution >= 0.6 is 0 Å². The molecule has 5 nitrogen and oxygen atoms in total. The minimum absolute atomic E-state index is 0.328. The smallest absolute Gasteiger partial charge is 0.313 e. The van der Waals surface area contributed by atoms with E-state index in [4.69, 9.17) is 4.42 Å². The van der Waals surface area contributed by atoms with E-state index in [1.807, 2.05) is 0 Å². The highest BCUT2D eigenvalue weighted by molar-refractivity contribution is 6.08. The molecule has 122 valence electrons. The zero-order valence-corrected chi connectivity index (χ0v) is 13.1. The third-order valence-corrected chi connectivity index (χ3v) is 3.66. The Balaban J connectivity index is 2.00. The number of rotatable bonds is 4. The Hall–Kier alpha value is -3.02. The summed E-state index contributed by atoms with van der Waals surface area (Å²) in [6.45, 7) is 1.75. The van der Waals surface area contributed by atoms with Crippen molar-refractivity contribution in [3.8, 4) is 11.5 Å². The second-order valence-electron chi connectivity index (χ2n) is 5.34. The van der Waals surface area contributed by atoms with Gasteiger partial charge in [0.05, 0.1) is 7.11 Å². The van der Waals surface area contributed by atoms with Gasteiger partial charge in [0.1, 0.15) is 17.8 Å². The number of halogens is 1. The number of esters is 1. The lowest BCUT2D eigenvalue weighted by Crippen LogP contribution is -2.10. The van der Waals surface area contributed by atoms with E-state index in [0.29, 0.717) is 33.7 Å². The number of oxazole rings is 1. The molecule has 0 aliphatic carbocycles. The van der Waals surface area contributed by atoms with Gasteiger partial charge in [0.2, 0.25) is 5.89 Å². The highest BCUT2D eigenvalue weighted by atomic mass is 19.1. The molecule has 3 aromatic rings. The average molecular weight is 327 g/mol. The largest absolute Gasteiger partial charge is 0.469 e. The number of Topliss-reactive ketones (excluding diaryl/α,β-unsaturated/α-hetero) is 1. The lowest BCUT2D eigenvalue weighted by atomic mass is 10.0. The van der Waals surface area contributed by atoms with Gasteiger partial charge in [0.15, 0.2) is 11.4 Å². The van der Waals surface area contributed by atoms with Crippen LogP contribution in [-0.4, -0.2) is 23.8 Å². The zero-order chi connectivity index (χ0) is 17.3. The Morgan fingerprint density at radius 2 is 1.92 bits per heavy atom. The van der Waals surface area contributed by atoms with Gasteiger partial charge in [0.25, 0.3) is 0 Å². The number of aromatic nitrogens is 1. The molecule has 6 heteroatoms. The fraction of sp³-hybridized carbons (Fsp3) is 0.167. The molecule has 0 atom stereocenters. The monoisotopic (exact) mass is 327 g/mol. The fourth-order valence-electron chi connectivity index (χ4n) is 2.39. The lowest BCUT2D eigenvalue weighted by molar-refractivity contribution is -0.139. The van der Waals surface area contributed by atoms with Crippen LogP contribution in [0.2, 0.25) is 0 Å². The summed E-state index contributed by atoms with van der Waals surface area (Å²) in [5.41, 5.74) is 2.72. The molecule has 0 radical (unpaired) electrons. The van der Waals surface area contributed by atoms with Crippen LogP contribution in [-0.2, 0) is 9.53 Å². The van der Waals surface area contributed by atoms with Crippen LogP contribution < -0.4 is 0 Å². The molecule has 2 aromatic carbocycles. The molecular formula is C18H14FNO4. The summed E-state index contributed by atoms with van der Waals surface area (Å²) in [6, 6.07) is 9.06. The fourth-order valence-corrected chi connectivity index (χ4v) is 2.39. The minimum atomic E-state index is -0.591. The summed E-state index contributed by atoms with van der Waals surface area (Å²) < 4.78 is 23.2. The Bertz CT molecular complexity index is 928. The molecule has 0 spiro atoms. The van der Waals surface area contributed by atoms with Crippen molar-refractivity contribution in [3.63, 3.8) is 0 Å². The van der Waals surface area contributed by atoms with Crippen LogP contribution in [0.5, 0.6) is 0 Å². The van der Waals surface area contributed by atoms with Crippen molar-refractivity contribution in [2.75, 3.05) is 7.11 Å². The van der Waals surface area contributed by atoms with Crippen molar-refractivity contribution in [1.82, 2.24) is 4.98 Å². The number of ether oxygens (including phenoxy) is 1. The summed E-state index contributed by atoms with van der Waals surface area (Å²) in [5.74, 6) is -0.942. The second-order valence-corrected chi connectivity index (χ2v) is 5.34. The molecule has 0 bridgehead atoms. The quantitative estimate of drug-likeness (QED) is 0.415. The van der Waals surface area contributed by atoms with Gasteiger partial charge < -0.3 is 9.15 Å². The van der Waals surface area contributed by atoms with E-state index in [9.17, 15) is 14.0 Å². The van der Waals surface area contributed by atoms with Crippen molar-refractivity contribution in [1.29, 1.82) is 0 Å². The first-order valence-electron chi connectivity index (χ1n) is 7.25. The van der Waals surface area contributed by atoms with Gasteiger partial charge in [-0.15, -0.1) is 0 Å². The summed E-state index contributed by atoms with van der Waals surface area (Å²) in [7, 11) is 1.23. The zero-order valence-electron chi connectivity index (χ0n) is 13.1. The van der Waals surface area contributed by atoms with E-state index in [-0.39, 0.29) is 18.0 Å². The summed E-state index contributed by atoms with van der Waals surface area (Å²) in [5, 5.41) is 0. The third kappa shape index (κ3) is 3.03. The number of fused-ring (bicyclic) bond motifs is 1. The van der Waals surface area contributed by atoms with E-state index in [2.05, 4.69) is 9.72 Å². The molecule has 0 amide bonds. The second kappa shape index (κ2) is 6.23. The van der Waals surface area contributed by atoms with Gasteiger partial charge in [-0.3, -0.25) is 9.59 Å². The number of ketones is 1. The number of carbonyl (C=O) groups excluding carboxylic acids is 2. The topological polar surface area (TPSA) is 69.4 Å². The maximum atomic E-state index is 13.0. The van der Waals surface area contributed by atoms with Crippen LogP contribution in [0, 0.1) is 12.7 Å². The molecule has 0 fully saturated rings. The predicted molar refractivity (Wildman–Crippen MR) is 85.1 cm³/mol. The van der Waals surface area contributed by atoms with E-state index in [1.54, 1.807) is 31.2 Å². The average Bonchev–Trinajstić information content (AvgIpc) is 2.97. The van der Waals surface area contributed by atoms with Gasteiger partial charge >= 0.3 is 5.97 Å². The SMILES string of the molecule is COC(=O)CC(=O)c1cc2nc(-c3ccc(F)cc3)oc2cc1C. The number of benzene rings is 2. The molecule has 1 aromatic heterocycles. The highest BCUT2D eigenvalue weighted by Crippen LogP contribution is 2.27. The van der Waals surface area contributed by atoms with Crippen LogP contribution in [0.1, 0.15) is 22.3 Å². The van der Waals surface area contributed by atoms with E-state index < -0.39 is 5.97 Å². The third-order valence-electron chi connectivity index (χ3n) is 3.66. The van der Waals surface area contributed by atoms with Gasteiger partial charge in [-0.1, -0.05) is 0 Å². The lowest BCUT2D eigenvalue weighted by Gasteiger charge is -2.03. The van der Waals surface area contributed by atoms with Crippen molar-refractivity contribution in [3.05, 3.63) is 53.3 Å². The van der Waals surface area contributed by atoms with Crippen molar-refractivity contribution < 1.29 is 23.1 Å². The number of nitrogens with zero attached hydrogens (tertiary/aromatic N) is 1. The molecular weight excluding hydrogens is 313 g/mol. The molecule has 0 N–H and O–H groups in total. The van der Waals surface area contributed by atoms with Crippen LogP contribution in [0.15, 0.2) is 40.8 Å². The summed E-state index contributed by atoms with van der Waals surface area (Å²) in [4.78, 5) is 27.8. The standard InChI is InChI=1S/C18H14FNO4/c1-10-7-16-14(8-13(10)15(21)9-17(22)23-2)20-18(24-16)11-3-5-12(19)6-4-11/h3-8H,9H2,1-2H3. The number of methoxy groups -OCH3 is 1. The van der Waals surface area contributed by atoms with Crippen molar-refractivity contribution in [2.45, 2.75) is 13.3 Å². The van der Waals surface area contributed by atoms with Crippen LogP contribution in [0.3, 0.4) is 0 Å². The Morgan fingerprint density at radius 1 is 1.21 bits per heavy atom. The molecule has 0 aliphatic heterocycles. The number of carbonyl (C=O) groups is 2. The minimum Gasteiger partial charge on any atom is -0.469 e. The predicted octanol–water partition coefficient (Wildman–Crippen LogP) is 3.69. The van der Waals surface area contributed by atoms with Crippen molar-refractivity contribution in [2.24, 2.45) is 0 Å². The van der Waals surface area contributed by atoms with Crippen LogP contribution in [0.25, 0.3) is 22.6 Å². The Kier molecular flexibility index (Phi) is 4.12. The van der Waals surface area contributed by atoms with Gasteiger partial charge in [-0.25, -0.2) is 9.37 Å². The van der Waals surface area contributed by atoms with Crippen LogP contribution in [0.4, 0.5) is 4.39 Å². The van der Waals surface area contributed by atoms with Crippen molar-refractivity contribution >= 4 is 22.9 Å². The molecule has 0 aliphatic rings. The number of aryl methyl sites for hydroxylation is 1. The van der Waals surface area contributed by atoms with Gasteiger partial charge in [-0.05, 0) is 48.9 Å². The van der Waals surface area contributed by atoms with Gasteiger partial charge in [0, 0.05) is 11.1 Å². The van der Waals surface area contributed by atoms with E-state index in [0.717, 1.165) is 0 Å². The molecule has 0 saturated carbocycles. The molecule has 3 rings (SSSR count). The van der Waals surface area contributed by atoms with E-state index >= 15 is 0 Å². The first-order chi connectivity index (χ1) is 11.5. The maximum Gasteiger partial charge on any atom is 0.313 e. The molecule has 0 saturated heterocycles. The highest BCUT2D eigenvalue weighted by Gasteiger charge is 2.17. The normalized spacial score (nSPS) is 10.8. The maximum absolute atomic E-state index is 13.0. The molecule has 1 heterocycles. The first-order valence-corrected chi connectivity index (χ1v) is 7.25.